The Morgan fingerprint density at radius 2 is 1.35 bits per heavy atom. The maximum Gasteiger partial charge on any atom is 0.369 e. The Bertz CT molecular complexity index is 687. The summed E-state index contributed by atoms with van der Waals surface area (Å²) in [5, 5.41) is 31.1. The molecule has 0 spiro atoms. The SMILES string of the molecule is O=C(O)CNCCNCCN(CC(=O)O)CC(=O)NCCC(O)(P(=O)(O)O)P(=O)(O)O. The van der Waals surface area contributed by atoms with Crippen molar-refractivity contribution in [1.29, 1.82) is 0 Å². The van der Waals surface area contributed by atoms with Crippen LogP contribution in [0.5, 0.6) is 0 Å². The summed E-state index contributed by atoms with van der Waals surface area (Å²) in [4.78, 5) is 70.5. The number of carboxylic acid groups (broad SMARTS) is 2. The van der Waals surface area contributed by atoms with E-state index in [9.17, 15) is 28.6 Å². The molecule has 0 saturated carbocycles. The van der Waals surface area contributed by atoms with Crippen molar-refractivity contribution < 1.29 is 58.4 Å². The molecule has 0 atom stereocenters. The van der Waals surface area contributed by atoms with Crippen molar-refractivity contribution in [3.05, 3.63) is 0 Å². The number of amides is 1. The summed E-state index contributed by atoms with van der Waals surface area (Å²) in [5.41, 5.74) is 0. The molecule has 0 aliphatic rings. The van der Waals surface area contributed by atoms with Gasteiger partial charge < -0.3 is 50.8 Å². The van der Waals surface area contributed by atoms with Gasteiger partial charge in [0.15, 0.2) is 0 Å². The first kappa shape index (κ1) is 29.5. The highest BCUT2D eigenvalue weighted by molar-refractivity contribution is 7.72. The van der Waals surface area contributed by atoms with Gasteiger partial charge in [0.2, 0.25) is 5.91 Å². The normalized spacial score (nSPS) is 12.7. The van der Waals surface area contributed by atoms with E-state index in [0.717, 1.165) is 0 Å². The van der Waals surface area contributed by atoms with Gasteiger partial charge in [-0.05, 0) is 0 Å². The second-order valence-corrected chi connectivity index (χ2v) is 10.4. The highest BCUT2D eigenvalue weighted by Crippen LogP contribution is 2.68. The maximum atomic E-state index is 12.0. The Kier molecular flexibility index (Phi) is 12.6. The number of aliphatic carboxylic acids is 2. The quantitative estimate of drug-likeness (QED) is 0.0685. The molecule has 0 aliphatic carbocycles. The third kappa shape index (κ3) is 11.7. The zero-order valence-corrected chi connectivity index (χ0v) is 18.2. The Hall–Kier alpha value is -1.45. The molecular weight excluding hydrogens is 466 g/mol. The molecular formula is C13H28N4O12P2. The number of hydrogen-bond donors (Lipinski definition) is 10. The molecule has 16 nitrogen and oxygen atoms in total. The van der Waals surface area contributed by atoms with Crippen LogP contribution in [0.3, 0.4) is 0 Å². The van der Waals surface area contributed by atoms with Gasteiger partial charge in [-0.1, -0.05) is 0 Å². The second-order valence-electron chi connectivity index (χ2n) is 6.39. The number of carbonyl (C=O) groups excluding carboxylic acids is 1. The van der Waals surface area contributed by atoms with Crippen molar-refractivity contribution in [2.45, 2.75) is 11.5 Å². The van der Waals surface area contributed by atoms with Crippen LogP contribution in [0, 0.1) is 0 Å². The molecule has 0 aromatic carbocycles. The molecule has 0 aromatic rings. The summed E-state index contributed by atoms with van der Waals surface area (Å²) in [5.74, 6) is -3.05. The predicted octanol–water partition coefficient (Wildman–Crippen LogP) is -3.86. The van der Waals surface area contributed by atoms with E-state index in [1.54, 1.807) is 0 Å². The van der Waals surface area contributed by atoms with Gasteiger partial charge in [0.25, 0.3) is 5.08 Å². The molecule has 0 radical (unpaired) electrons. The number of aliphatic hydroxyl groups is 1. The number of nitrogens with one attached hydrogen (secondary N) is 3. The number of rotatable bonds is 17. The average molecular weight is 494 g/mol. The molecule has 0 heterocycles. The summed E-state index contributed by atoms with van der Waals surface area (Å²) in [7, 11) is -11.3. The van der Waals surface area contributed by atoms with Gasteiger partial charge in [-0.15, -0.1) is 0 Å². The molecule has 0 rings (SSSR count). The van der Waals surface area contributed by atoms with Crippen LogP contribution in [-0.2, 0) is 23.5 Å². The number of nitrogens with zero attached hydrogens (tertiary/aromatic N) is 1. The largest absolute Gasteiger partial charge is 0.480 e. The van der Waals surface area contributed by atoms with Crippen molar-refractivity contribution >= 4 is 33.0 Å². The highest BCUT2D eigenvalue weighted by Gasteiger charge is 2.58. The van der Waals surface area contributed by atoms with Crippen LogP contribution in [0.25, 0.3) is 0 Å². The van der Waals surface area contributed by atoms with E-state index in [-0.39, 0.29) is 19.6 Å². The first-order chi connectivity index (χ1) is 14.1. The fourth-order valence-corrected chi connectivity index (χ4v) is 4.39. The molecule has 0 aromatic heterocycles. The van der Waals surface area contributed by atoms with Crippen molar-refractivity contribution in [2.24, 2.45) is 0 Å². The van der Waals surface area contributed by atoms with Gasteiger partial charge in [0, 0.05) is 39.1 Å². The Morgan fingerprint density at radius 3 is 1.84 bits per heavy atom. The lowest BCUT2D eigenvalue weighted by Crippen LogP contribution is -2.44. The first-order valence-electron chi connectivity index (χ1n) is 8.78. The molecule has 0 unspecified atom stereocenters. The van der Waals surface area contributed by atoms with Crippen LogP contribution in [0.15, 0.2) is 0 Å². The Morgan fingerprint density at radius 1 is 0.806 bits per heavy atom. The second kappa shape index (κ2) is 13.2. The predicted molar refractivity (Wildman–Crippen MR) is 104 cm³/mol. The van der Waals surface area contributed by atoms with Gasteiger partial charge in [0.05, 0.1) is 19.6 Å². The van der Waals surface area contributed by atoms with Gasteiger partial charge in [-0.3, -0.25) is 28.4 Å². The average Bonchev–Trinajstić information content (AvgIpc) is 2.57. The van der Waals surface area contributed by atoms with Crippen LogP contribution >= 0.6 is 15.2 Å². The third-order valence-electron chi connectivity index (χ3n) is 3.80. The topological polar surface area (TPSA) is 266 Å². The minimum absolute atomic E-state index is 0.105. The summed E-state index contributed by atoms with van der Waals surface area (Å²) in [6, 6.07) is 0. The van der Waals surface area contributed by atoms with Crippen LogP contribution in [-0.4, -0.2) is 115 Å². The van der Waals surface area contributed by atoms with E-state index in [1.807, 2.05) is 0 Å². The summed E-state index contributed by atoms with van der Waals surface area (Å²) in [6.07, 6.45) is -1.14. The summed E-state index contributed by atoms with van der Waals surface area (Å²) in [6.45, 7) is -0.792. The van der Waals surface area contributed by atoms with E-state index < -0.39 is 64.2 Å². The van der Waals surface area contributed by atoms with Crippen molar-refractivity contribution in [1.82, 2.24) is 20.9 Å². The fraction of sp³-hybridized carbons (Fsp3) is 0.769. The lowest BCUT2D eigenvalue weighted by molar-refractivity contribution is -0.139. The van der Waals surface area contributed by atoms with Gasteiger partial charge in [0.1, 0.15) is 0 Å². The van der Waals surface area contributed by atoms with E-state index in [0.29, 0.717) is 13.1 Å². The lowest BCUT2D eigenvalue weighted by atomic mass is 10.4. The molecule has 1 amide bonds. The molecule has 10 N–H and O–H groups in total. The van der Waals surface area contributed by atoms with E-state index in [1.165, 1.54) is 4.90 Å². The Labute approximate surface area is 176 Å². The fourth-order valence-electron chi connectivity index (χ4n) is 2.23. The summed E-state index contributed by atoms with van der Waals surface area (Å²) >= 11 is 0. The molecule has 31 heavy (non-hydrogen) atoms. The van der Waals surface area contributed by atoms with Crippen LogP contribution < -0.4 is 16.0 Å². The number of carbonyl (C=O) groups is 3. The zero-order chi connectivity index (χ0) is 24.3. The smallest absolute Gasteiger partial charge is 0.369 e. The van der Waals surface area contributed by atoms with Crippen molar-refractivity contribution in [3.63, 3.8) is 0 Å². The monoisotopic (exact) mass is 494 g/mol. The highest BCUT2D eigenvalue weighted by atomic mass is 31.2. The van der Waals surface area contributed by atoms with Crippen LogP contribution in [0.2, 0.25) is 0 Å². The molecule has 0 saturated heterocycles. The van der Waals surface area contributed by atoms with Crippen LogP contribution in [0.4, 0.5) is 0 Å². The van der Waals surface area contributed by atoms with Crippen LogP contribution in [0.1, 0.15) is 6.42 Å². The van der Waals surface area contributed by atoms with Gasteiger partial charge in [-0.2, -0.15) is 0 Å². The summed E-state index contributed by atoms with van der Waals surface area (Å²) < 4.78 is 22.5. The molecule has 0 aliphatic heterocycles. The number of carboxylic acids is 2. The van der Waals surface area contributed by atoms with E-state index in [4.69, 9.17) is 29.8 Å². The third-order valence-corrected chi connectivity index (χ3v) is 7.68. The Balaban J connectivity index is 4.55. The van der Waals surface area contributed by atoms with Crippen molar-refractivity contribution in [3.8, 4) is 0 Å². The zero-order valence-electron chi connectivity index (χ0n) is 16.4. The van der Waals surface area contributed by atoms with E-state index in [2.05, 4.69) is 16.0 Å². The number of hydrogen-bond acceptors (Lipinski definition) is 9. The van der Waals surface area contributed by atoms with E-state index >= 15 is 0 Å². The standard InChI is InChI=1S/C13H28N4O12P2/c18-10(16-2-1-13(23,30(24,25)26)31(27,28)29)8-17(9-12(21)22)6-5-14-3-4-15-7-11(19)20/h14-15,23H,1-9H2,(H,16,18)(H,19,20)(H,21,22)(H2,24,25,26)(H2,27,28,29). The van der Waals surface area contributed by atoms with Gasteiger partial charge >= 0.3 is 27.1 Å². The molecule has 0 fully saturated rings. The van der Waals surface area contributed by atoms with Crippen molar-refractivity contribution in [2.75, 3.05) is 52.4 Å². The molecule has 18 heteroatoms. The van der Waals surface area contributed by atoms with Gasteiger partial charge in [-0.25, -0.2) is 0 Å². The lowest BCUT2D eigenvalue weighted by Gasteiger charge is -2.29. The molecule has 182 valence electrons. The minimum Gasteiger partial charge on any atom is -0.480 e. The minimum atomic E-state index is -5.64. The first-order valence-corrected chi connectivity index (χ1v) is 12.0. The maximum absolute atomic E-state index is 12.0. The molecule has 0 bridgehead atoms.